The minimum atomic E-state index is -0.854. The molecule has 1 aromatic heterocycles. The fourth-order valence-corrected chi connectivity index (χ4v) is 5.50. The molecule has 184 valence electrons. The fraction of sp³-hybridized carbons (Fsp3) is 0.267. The number of aliphatic carboxylic acids is 1. The number of benzene rings is 3. The van der Waals surface area contributed by atoms with Gasteiger partial charge in [0.1, 0.15) is 6.54 Å². The predicted octanol–water partition coefficient (Wildman–Crippen LogP) is 5.76. The highest BCUT2D eigenvalue weighted by atomic mass is 35.5. The molecule has 1 aliphatic rings. The van der Waals surface area contributed by atoms with Gasteiger partial charge in [0, 0.05) is 40.6 Å². The van der Waals surface area contributed by atoms with Gasteiger partial charge in [-0.3, -0.25) is 9.59 Å². The zero-order valence-electron chi connectivity index (χ0n) is 20.1. The van der Waals surface area contributed by atoms with Gasteiger partial charge < -0.3 is 14.6 Å². The van der Waals surface area contributed by atoms with Gasteiger partial charge in [-0.05, 0) is 60.6 Å². The summed E-state index contributed by atoms with van der Waals surface area (Å²) in [5.74, 6) is -0.822. The first-order valence-corrected chi connectivity index (χ1v) is 12.8. The minimum Gasteiger partial charge on any atom is -0.480 e. The number of fused-ring (bicyclic) bond motifs is 3. The molecule has 0 saturated heterocycles. The van der Waals surface area contributed by atoms with Crippen molar-refractivity contribution < 1.29 is 14.7 Å². The number of carbonyl (C=O) groups excluding carboxylic acids is 1. The van der Waals surface area contributed by atoms with Crippen molar-refractivity contribution in [3.8, 4) is 0 Å². The van der Waals surface area contributed by atoms with Crippen molar-refractivity contribution in [2.45, 2.75) is 38.8 Å². The predicted molar refractivity (Wildman–Crippen MR) is 142 cm³/mol. The number of amides is 1. The molecule has 1 aliphatic carbocycles. The van der Waals surface area contributed by atoms with E-state index in [-0.39, 0.29) is 18.4 Å². The summed E-state index contributed by atoms with van der Waals surface area (Å²) in [6.07, 6.45) is 2.80. The molecule has 5 rings (SSSR count). The SMILES string of the molecule is O=C(O)Cn1c2c(c3ccccc31)CC(C(=O)N(CCc1ccc(Cl)cc1)Cc1ccccc1)CC2. The van der Waals surface area contributed by atoms with E-state index in [4.69, 9.17) is 11.6 Å². The number of carboxylic acids is 1. The molecule has 0 spiro atoms. The van der Waals surface area contributed by atoms with Crippen molar-refractivity contribution in [3.05, 3.63) is 106 Å². The molecule has 3 aromatic carbocycles. The van der Waals surface area contributed by atoms with E-state index in [2.05, 4.69) is 12.1 Å². The Morgan fingerprint density at radius 1 is 0.944 bits per heavy atom. The van der Waals surface area contributed by atoms with Gasteiger partial charge in [-0.2, -0.15) is 0 Å². The zero-order valence-corrected chi connectivity index (χ0v) is 20.8. The monoisotopic (exact) mass is 500 g/mol. The van der Waals surface area contributed by atoms with E-state index in [1.807, 2.05) is 76.2 Å². The van der Waals surface area contributed by atoms with E-state index < -0.39 is 5.97 Å². The summed E-state index contributed by atoms with van der Waals surface area (Å²) in [6.45, 7) is 1.13. The molecule has 5 nitrogen and oxygen atoms in total. The Kier molecular flexibility index (Phi) is 7.10. The molecule has 1 unspecified atom stereocenters. The van der Waals surface area contributed by atoms with E-state index in [1.54, 1.807) is 0 Å². The molecule has 0 saturated carbocycles. The average Bonchev–Trinajstić information content (AvgIpc) is 3.20. The summed E-state index contributed by atoms with van der Waals surface area (Å²) < 4.78 is 1.91. The van der Waals surface area contributed by atoms with Gasteiger partial charge in [-0.15, -0.1) is 0 Å². The lowest BCUT2D eigenvalue weighted by molar-refractivity contribution is -0.138. The number of carbonyl (C=O) groups is 2. The maximum atomic E-state index is 13.9. The number of aromatic nitrogens is 1. The van der Waals surface area contributed by atoms with Crippen LogP contribution in [-0.4, -0.2) is 33.0 Å². The van der Waals surface area contributed by atoms with Crippen LogP contribution in [0.4, 0.5) is 0 Å². The van der Waals surface area contributed by atoms with Crippen molar-refractivity contribution in [2.24, 2.45) is 5.92 Å². The fourth-order valence-electron chi connectivity index (χ4n) is 5.37. The highest BCUT2D eigenvalue weighted by Crippen LogP contribution is 2.35. The molecule has 1 atom stereocenters. The van der Waals surface area contributed by atoms with Crippen LogP contribution in [0.2, 0.25) is 5.02 Å². The van der Waals surface area contributed by atoms with Crippen LogP contribution in [0, 0.1) is 5.92 Å². The maximum absolute atomic E-state index is 13.9. The van der Waals surface area contributed by atoms with Gasteiger partial charge in [0.15, 0.2) is 0 Å². The van der Waals surface area contributed by atoms with Crippen LogP contribution in [0.5, 0.6) is 0 Å². The lowest BCUT2D eigenvalue weighted by Crippen LogP contribution is -2.39. The van der Waals surface area contributed by atoms with Gasteiger partial charge in [0.05, 0.1) is 0 Å². The van der Waals surface area contributed by atoms with E-state index in [0.717, 1.165) is 39.7 Å². The Bertz CT molecular complexity index is 1380. The van der Waals surface area contributed by atoms with Crippen molar-refractivity contribution in [1.29, 1.82) is 0 Å². The van der Waals surface area contributed by atoms with E-state index in [9.17, 15) is 14.7 Å². The summed E-state index contributed by atoms with van der Waals surface area (Å²) in [5, 5.41) is 11.2. The third-order valence-electron chi connectivity index (χ3n) is 7.13. The summed E-state index contributed by atoms with van der Waals surface area (Å²) in [5.41, 5.74) is 5.36. The Morgan fingerprint density at radius 2 is 1.67 bits per heavy atom. The Morgan fingerprint density at radius 3 is 2.42 bits per heavy atom. The van der Waals surface area contributed by atoms with Gasteiger partial charge in [0.25, 0.3) is 0 Å². The number of nitrogens with zero attached hydrogens (tertiary/aromatic N) is 2. The molecule has 0 bridgehead atoms. The number of hydrogen-bond acceptors (Lipinski definition) is 2. The quantitative estimate of drug-likeness (QED) is 0.335. The molecule has 36 heavy (non-hydrogen) atoms. The lowest BCUT2D eigenvalue weighted by Gasteiger charge is -2.30. The van der Waals surface area contributed by atoms with Crippen LogP contribution < -0.4 is 0 Å². The zero-order chi connectivity index (χ0) is 25.1. The molecular formula is C30H29ClN2O3. The van der Waals surface area contributed by atoms with Gasteiger partial charge in [-0.1, -0.05) is 72.3 Å². The molecule has 1 amide bonds. The van der Waals surface area contributed by atoms with Gasteiger partial charge >= 0.3 is 5.97 Å². The van der Waals surface area contributed by atoms with Crippen LogP contribution >= 0.6 is 11.6 Å². The van der Waals surface area contributed by atoms with Crippen molar-refractivity contribution >= 4 is 34.4 Å². The second-order valence-electron chi connectivity index (χ2n) is 9.48. The Balaban J connectivity index is 1.40. The van der Waals surface area contributed by atoms with Crippen molar-refractivity contribution in [3.63, 3.8) is 0 Å². The third kappa shape index (κ3) is 5.17. The largest absolute Gasteiger partial charge is 0.480 e. The molecule has 0 radical (unpaired) electrons. The first kappa shape index (κ1) is 24.1. The normalized spacial score (nSPS) is 15.0. The third-order valence-corrected chi connectivity index (χ3v) is 7.38. The number of para-hydroxylation sites is 1. The highest BCUT2D eigenvalue weighted by molar-refractivity contribution is 6.30. The van der Waals surface area contributed by atoms with Crippen LogP contribution in [0.25, 0.3) is 10.9 Å². The summed E-state index contributed by atoms with van der Waals surface area (Å²) in [4.78, 5) is 27.4. The van der Waals surface area contributed by atoms with Crippen molar-refractivity contribution in [2.75, 3.05) is 6.54 Å². The van der Waals surface area contributed by atoms with Crippen LogP contribution in [0.3, 0.4) is 0 Å². The first-order chi connectivity index (χ1) is 17.5. The summed E-state index contributed by atoms with van der Waals surface area (Å²) in [6, 6.07) is 25.8. The smallest absolute Gasteiger partial charge is 0.323 e. The lowest BCUT2D eigenvalue weighted by atomic mass is 9.85. The van der Waals surface area contributed by atoms with Gasteiger partial charge in [0.2, 0.25) is 5.91 Å². The second kappa shape index (κ2) is 10.6. The van der Waals surface area contributed by atoms with Gasteiger partial charge in [-0.25, -0.2) is 0 Å². The molecule has 0 fully saturated rings. The van der Waals surface area contributed by atoms with E-state index >= 15 is 0 Å². The van der Waals surface area contributed by atoms with E-state index in [0.29, 0.717) is 37.4 Å². The maximum Gasteiger partial charge on any atom is 0.323 e. The highest BCUT2D eigenvalue weighted by Gasteiger charge is 2.32. The molecule has 1 heterocycles. The summed E-state index contributed by atoms with van der Waals surface area (Å²) in [7, 11) is 0. The van der Waals surface area contributed by atoms with E-state index in [1.165, 1.54) is 0 Å². The van der Waals surface area contributed by atoms with Crippen LogP contribution in [-0.2, 0) is 41.9 Å². The van der Waals surface area contributed by atoms with Crippen LogP contribution in [0.1, 0.15) is 28.8 Å². The number of halogens is 1. The number of rotatable bonds is 8. The Labute approximate surface area is 215 Å². The Hall–Kier alpha value is -3.57. The molecule has 0 aliphatic heterocycles. The molecule has 6 heteroatoms. The number of carboxylic acid groups (broad SMARTS) is 1. The minimum absolute atomic E-state index is 0.0598. The average molecular weight is 501 g/mol. The van der Waals surface area contributed by atoms with Crippen molar-refractivity contribution in [1.82, 2.24) is 9.47 Å². The standard InChI is InChI=1S/C30H29ClN2O3/c31-24-13-10-21(11-14-24)16-17-32(19-22-6-2-1-3-7-22)30(36)23-12-15-28-26(18-23)25-8-4-5-9-27(25)33(28)20-29(34)35/h1-11,13-14,23H,12,15-20H2,(H,34,35). The topological polar surface area (TPSA) is 62.5 Å². The molecule has 4 aromatic rings. The molecule has 1 N–H and O–H groups in total. The first-order valence-electron chi connectivity index (χ1n) is 12.4. The molecular weight excluding hydrogens is 472 g/mol. The summed E-state index contributed by atoms with van der Waals surface area (Å²) >= 11 is 6.05. The second-order valence-corrected chi connectivity index (χ2v) is 9.92. The number of hydrogen-bond donors (Lipinski definition) is 1. The van der Waals surface area contributed by atoms with Crippen LogP contribution in [0.15, 0.2) is 78.9 Å².